The Kier molecular flexibility index (Phi) is 4.01. The molecule has 2 aromatic carbocycles. The summed E-state index contributed by atoms with van der Waals surface area (Å²) in [6.45, 7) is 0. The van der Waals surface area contributed by atoms with Gasteiger partial charge < -0.3 is 0 Å². The zero-order valence-electron chi connectivity index (χ0n) is 10.3. The van der Waals surface area contributed by atoms with E-state index in [0.29, 0.717) is 0 Å². The molecule has 0 spiro atoms. The Hall–Kier alpha value is -1.42. The highest BCUT2D eigenvalue weighted by molar-refractivity contribution is 7.99. The summed E-state index contributed by atoms with van der Waals surface area (Å²) >= 11 is 13.5. The second-order valence-electron chi connectivity index (χ2n) is 4.17. The number of halogens is 2. The van der Waals surface area contributed by atoms with Crippen molar-refractivity contribution >= 4 is 35.0 Å². The molecule has 0 fully saturated rings. The molecule has 1 aromatic heterocycles. The summed E-state index contributed by atoms with van der Waals surface area (Å²) in [7, 11) is 0. The number of rotatable bonds is 3. The summed E-state index contributed by atoms with van der Waals surface area (Å²) < 4.78 is 0. The highest BCUT2D eigenvalue weighted by Crippen LogP contribution is 2.35. The molecule has 20 heavy (non-hydrogen) atoms. The van der Waals surface area contributed by atoms with Crippen LogP contribution in [-0.4, -0.2) is 10.2 Å². The lowest BCUT2D eigenvalue weighted by molar-refractivity contribution is 1.10. The minimum absolute atomic E-state index is 0.722. The normalized spacial score (nSPS) is 10.7. The maximum Gasteiger partial charge on any atom is 0.0789 e. The number of aromatic nitrogens is 2. The van der Waals surface area contributed by atoms with E-state index >= 15 is 0 Å². The maximum atomic E-state index is 5.91. The van der Waals surface area contributed by atoms with Crippen LogP contribution in [0.5, 0.6) is 0 Å². The van der Waals surface area contributed by atoms with E-state index in [9.17, 15) is 0 Å². The molecule has 0 atom stereocenters. The molecule has 0 aliphatic rings. The Morgan fingerprint density at radius 2 is 1.45 bits per heavy atom. The molecule has 0 aliphatic heterocycles. The first kappa shape index (κ1) is 13.6. The van der Waals surface area contributed by atoms with Gasteiger partial charge in [0.1, 0.15) is 0 Å². The average Bonchev–Trinajstić information content (AvgIpc) is 2.90. The summed E-state index contributed by atoms with van der Waals surface area (Å²) in [5, 5.41) is 8.62. The lowest BCUT2D eigenvalue weighted by atomic mass is 10.2. The van der Waals surface area contributed by atoms with Gasteiger partial charge in [-0.15, -0.1) is 0 Å². The number of hydrogen-bond acceptors (Lipinski definition) is 2. The maximum absolute atomic E-state index is 5.91. The Labute approximate surface area is 131 Å². The lowest BCUT2D eigenvalue weighted by Gasteiger charge is -2.04. The smallest absolute Gasteiger partial charge is 0.0789 e. The predicted molar refractivity (Wildman–Crippen MR) is 84.6 cm³/mol. The topological polar surface area (TPSA) is 28.7 Å². The third kappa shape index (κ3) is 3.01. The number of benzene rings is 2. The molecule has 3 rings (SSSR count). The van der Waals surface area contributed by atoms with Gasteiger partial charge in [-0.2, -0.15) is 5.10 Å². The van der Waals surface area contributed by atoms with Crippen LogP contribution in [0.25, 0.3) is 11.3 Å². The van der Waals surface area contributed by atoms with E-state index in [4.69, 9.17) is 23.2 Å². The van der Waals surface area contributed by atoms with Gasteiger partial charge in [-0.25, -0.2) is 0 Å². The van der Waals surface area contributed by atoms with Gasteiger partial charge in [0.2, 0.25) is 0 Å². The van der Waals surface area contributed by atoms with Crippen LogP contribution in [0.2, 0.25) is 10.0 Å². The van der Waals surface area contributed by atoms with Crippen LogP contribution < -0.4 is 0 Å². The number of nitrogens with one attached hydrogen (secondary N) is 1. The molecule has 0 bridgehead atoms. The van der Waals surface area contributed by atoms with Gasteiger partial charge >= 0.3 is 0 Å². The summed E-state index contributed by atoms with van der Waals surface area (Å²) in [5.74, 6) is 0. The minimum Gasteiger partial charge on any atom is -0.277 e. The summed E-state index contributed by atoms with van der Waals surface area (Å²) in [6.07, 6.45) is 1.82. The molecule has 3 aromatic rings. The summed E-state index contributed by atoms with van der Waals surface area (Å²) in [6, 6.07) is 15.4. The highest BCUT2D eigenvalue weighted by Gasteiger charge is 2.09. The van der Waals surface area contributed by atoms with Crippen molar-refractivity contribution < 1.29 is 0 Å². The predicted octanol–water partition coefficient (Wildman–Crippen LogP) is 5.53. The standard InChI is InChI=1S/C15H10Cl2N2S/c16-11-3-1-10(2-4-11)15-14(9-18-19-15)20-13-7-5-12(17)6-8-13/h1-9H,(H,18,19). The van der Waals surface area contributed by atoms with Crippen LogP contribution in [0.4, 0.5) is 0 Å². The van der Waals surface area contributed by atoms with Crippen LogP contribution in [0.15, 0.2) is 64.5 Å². The van der Waals surface area contributed by atoms with Gasteiger partial charge in [0, 0.05) is 20.5 Å². The zero-order chi connectivity index (χ0) is 13.9. The van der Waals surface area contributed by atoms with Crippen LogP contribution in [0.1, 0.15) is 0 Å². The van der Waals surface area contributed by atoms with Crippen LogP contribution in [-0.2, 0) is 0 Å². The van der Waals surface area contributed by atoms with Gasteiger partial charge in [0.25, 0.3) is 0 Å². The minimum atomic E-state index is 0.722. The average molecular weight is 321 g/mol. The van der Waals surface area contributed by atoms with E-state index in [-0.39, 0.29) is 0 Å². The van der Waals surface area contributed by atoms with Gasteiger partial charge in [-0.05, 0) is 36.4 Å². The number of nitrogens with zero attached hydrogens (tertiary/aromatic N) is 1. The first-order valence-corrected chi connectivity index (χ1v) is 7.52. The molecule has 0 unspecified atom stereocenters. The van der Waals surface area contributed by atoms with E-state index in [1.54, 1.807) is 11.8 Å². The summed E-state index contributed by atoms with van der Waals surface area (Å²) in [4.78, 5) is 2.18. The van der Waals surface area contributed by atoms with Crippen molar-refractivity contribution in [2.24, 2.45) is 0 Å². The molecule has 1 N–H and O–H groups in total. The highest BCUT2D eigenvalue weighted by atomic mass is 35.5. The molecule has 5 heteroatoms. The number of hydrogen-bond donors (Lipinski definition) is 1. The molecule has 0 radical (unpaired) electrons. The molecule has 100 valence electrons. The Bertz CT molecular complexity index is 705. The molecule has 0 saturated heterocycles. The zero-order valence-corrected chi connectivity index (χ0v) is 12.6. The number of H-pyrrole nitrogens is 1. The van der Waals surface area contributed by atoms with Gasteiger partial charge in [-0.3, -0.25) is 5.10 Å². The molecule has 1 heterocycles. The van der Waals surface area contributed by atoms with Crippen LogP contribution in [0, 0.1) is 0 Å². The largest absolute Gasteiger partial charge is 0.277 e. The molecule has 0 aliphatic carbocycles. The van der Waals surface area contributed by atoms with Gasteiger partial charge in [-0.1, -0.05) is 47.1 Å². The van der Waals surface area contributed by atoms with Crippen molar-refractivity contribution in [2.45, 2.75) is 9.79 Å². The quantitative estimate of drug-likeness (QED) is 0.686. The summed E-state index contributed by atoms with van der Waals surface area (Å²) in [5.41, 5.74) is 2.05. The first-order valence-electron chi connectivity index (χ1n) is 5.95. The van der Waals surface area contributed by atoms with Crippen LogP contribution >= 0.6 is 35.0 Å². The SMILES string of the molecule is Clc1ccc(Sc2cn[nH]c2-c2ccc(Cl)cc2)cc1. The number of aromatic amines is 1. The second-order valence-corrected chi connectivity index (χ2v) is 6.16. The van der Waals surface area contributed by atoms with Crippen LogP contribution in [0.3, 0.4) is 0 Å². The lowest BCUT2D eigenvalue weighted by Crippen LogP contribution is -1.80. The molecule has 2 nitrogen and oxygen atoms in total. The van der Waals surface area contributed by atoms with E-state index in [0.717, 1.165) is 31.1 Å². The van der Waals surface area contributed by atoms with Crippen molar-refractivity contribution in [3.05, 3.63) is 64.8 Å². The Morgan fingerprint density at radius 3 is 2.10 bits per heavy atom. The third-order valence-corrected chi connectivity index (χ3v) is 4.32. The van der Waals surface area contributed by atoms with Crippen molar-refractivity contribution in [1.29, 1.82) is 0 Å². The van der Waals surface area contributed by atoms with Gasteiger partial charge in [0.15, 0.2) is 0 Å². The van der Waals surface area contributed by atoms with E-state index in [1.807, 2.05) is 54.7 Å². The van der Waals surface area contributed by atoms with E-state index in [1.165, 1.54) is 0 Å². The van der Waals surface area contributed by atoms with Gasteiger partial charge in [0.05, 0.1) is 16.8 Å². The molecular weight excluding hydrogens is 311 g/mol. The van der Waals surface area contributed by atoms with E-state index < -0.39 is 0 Å². The fourth-order valence-corrected chi connectivity index (χ4v) is 2.95. The van der Waals surface area contributed by atoms with Crippen molar-refractivity contribution in [1.82, 2.24) is 10.2 Å². The fourth-order valence-electron chi connectivity index (χ4n) is 1.81. The van der Waals surface area contributed by atoms with E-state index in [2.05, 4.69) is 10.2 Å². The van der Waals surface area contributed by atoms with Crippen molar-refractivity contribution in [3.63, 3.8) is 0 Å². The third-order valence-electron chi connectivity index (χ3n) is 2.78. The van der Waals surface area contributed by atoms with Crippen molar-refractivity contribution in [3.8, 4) is 11.3 Å². The second kappa shape index (κ2) is 5.92. The Balaban J connectivity index is 1.90. The molecular formula is C15H10Cl2N2S. The first-order chi connectivity index (χ1) is 9.72. The monoisotopic (exact) mass is 320 g/mol. The molecule has 0 amide bonds. The van der Waals surface area contributed by atoms with Crippen molar-refractivity contribution in [2.75, 3.05) is 0 Å². The Morgan fingerprint density at radius 1 is 0.850 bits per heavy atom. The fraction of sp³-hybridized carbons (Fsp3) is 0. The molecule has 0 saturated carbocycles.